The first-order valence-corrected chi connectivity index (χ1v) is 4.41. The quantitative estimate of drug-likeness (QED) is 0.737. The smallest absolute Gasteiger partial charge is 0.329 e. The van der Waals surface area contributed by atoms with Gasteiger partial charge < -0.3 is 5.11 Å². The van der Waals surface area contributed by atoms with Gasteiger partial charge in [0.1, 0.15) is 5.60 Å². The number of hydrogen-bond acceptors (Lipinski definition) is 1. The zero-order valence-corrected chi connectivity index (χ0v) is 7.87. The predicted octanol–water partition coefficient (Wildman–Crippen LogP) is 2.53. The maximum Gasteiger partial charge on any atom is 0.329 e. The van der Waals surface area contributed by atoms with Gasteiger partial charge in [-0.15, -0.1) is 0 Å². The molecule has 1 saturated carbocycles. The van der Waals surface area contributed by atoms with Crippen molar-refractivity contribution < 1.29 is 13.9 Å². The summed E-state index contributed by atoms with van der Waals surface area (Å²) in [5.74, 6) is 0.299. The second-order valence-corrected chi connectivity index (χ2v) is 4.42. The van der Waals surface area contributed by atoms with Gasteiger partial charge >= 0.3 is 4.83 Å². The second-order valence-electron chi connectivity index (χ2n) is 3.42. The molecular formula is C7H11BrF2O. The van der Waals surface area contributed by atoms with Crippen LogP contribution in [0.4, 0.5) is 8.78 Å². The molecule has 0 bridgehead atoms. The molecule has 0 spiro atoms. The third-order valence-electron chi connectivity index (χ3n) is 1.99. The first-order valence-electron chi connectivity index (χ1n) is 3.62. The minimum absolute atomic E-state index is 0.186. The molecule has 66 valence electrons. The lowest BCUT2D eigenvalue weighted by atomic mass is 10.00. The molecule has 0 amide bonds. The first-order chi connectivity index (χ1) is 4.83. The monoisotopic (exact) mass is 228 g/mol. The van der Waals surface area contributed by atoms with Crippen molar-refractivity contribution in [1.82, 2.24) is 0 Å². The second kappa shape index (κ2) is 2.66. The van der Waals surface area contributed by atoms with E-state index in [0.29, 0.717) is 5.92 Å². The topological polar surface area (TPSA) is 20.2 Å². The molecule has 1 atom stereocenters. The van der Waals surface area contributed by atoms with Gasteiger partial charge in [-0.05, 0) is 35.2 Å². The van der Waals surface area contributed by atoms with Crippen LogP contribution < -0.4 is 0 Å². The maximum absolute atomic E-state index is 12.6. The van der Waals surface area contributed by atoms with E-state index in [4.69, 9.17) is 0 Å². The van der Waals surface area contributed by atoms with Gasteiger partial charge in [-0.1, -0.05) is 12.8 Å². The minimum atomic E-state index is -3.16. The predicted molar refractivity (Wildman–Crippen MR) is 41.8 cm³/mol. The molecule has 0 heterocycles. The Hall–Kier alpha value is 0.300. The van der Waals surface area contributed by atoms with Crippen LogP contribution in [-0.2, 0) is 0 Å². The fourth-order valence-electron chi connectivity index (χ4n) is 1.000. The van der Waals surface area contributed by atoms with Crippen LogP contribution in [-0.4, -0.2) is 15.5 Å². The fourth-order valence-corrected chi connectivity index (χ4v) is 1.16. The van der Waals surface area contributed by atoms with E-state index in [2.05, 4.69) is 15.9 Å². The van der Waals surface area contributed by atoms with E-state index < -0.39 is 10.4 Å². The van der Waals surface area contributed by atoms with Crippen molar-refractivity contribution in [1.29, 1.82) is 0 Å². The van der Waals surface area contributed by atoms with Crippen molar-refractivity contribution in [2.45, 2.75) is 36.6 Å². The van der Waals surface area contributed by atoms with E-state index >= 15 is 0 Å². The van der Waals surface area contributed by atoms with Gasteiger partial charge in [0.15, 0.2) is 0 Å². The van der Waals surface area contributed by atoms with Gasteiger partial charge in [-0.3, -0.25) is 0 Å². The molecule has 1 N–H and O–H groups in total. The van der Waals surface area contributed by atoms with Gasteiger partial charge in [0.25, 0.3) is 0 Å². The van der Waals surface area contributed by atoms with E-state index in [1.54, 1.807) is 0 Å². The molecule has 4 heteroatoms. The van der Waals surface area contributed by atoms with Gasteiger partial charge in [-0.25, -0.2) is 0 Å². The molecule has 0 aromatic rings. The largest absolute Gasteiger partial charge is 0.383 e. The average Bonchev–Trinajstić information content (AvgIpc) is 2.45. The summed E-state index contributed by atoms with van der Waals surface area (Å²) in [7, 11) is 0. The van der Waals surface area contributed by atoms with E-state index in [9.17, 15) is 13.9 Å². The Labute approximate surface area is 72.9 Å². The summed E-state index contributed by atoms with van der Waals surface area (Å²) in [5, 5.41) is 9.26. The lowest BCUT2D eigenvalue weighted by Gasteiger charge is -2.27. The van der Waals surface area contributed by atoms with E-state index in [1.165, 1.54) is 6.92 Å². The molecule has 0 aliphatic heterocycles. The van der Waals surface area contributed by atoms with E-state index in [0.717, 1.165) is 12.8 Å². The normalized spacial score (nSPS) is 24.8. The first kappa shape index (κ1) is 9.39. The van der Waals surface area contributed by atoms with Crippen LogP contribution in [0.1, 0.15) is 26.2 Å². The van der Waals surface area contributed by atoms with Gasteiger partial charge in [0, 0.05) is 0 Å². The van der Waals surface area contributed by atoms with Crippen LogP contribution in [0.5, 0.6) is 0 Å². The Morgan fingerprint density at radius 3 is 2.27 bits per heavy atom. The van der Waals surface area contributed by atoms with Crippen molar-refractivity contribution >= 4 is 15.9 Å². The molecule has 0 aromatic heterocycles. The van der Waals surface area contributed by atoms with E-state index in [-0.39, 0.29) is 6.42 Å². The summed E-state index contributed by atoms with van der Waals surface area (Å²) in [4.78, 5) is -3.16. The summed E-state index contributed by atoms with van der Waals surface area (Å²) in [6, 6.07) is 0. The van der Waals surface area contributed by atoms with Crippen molar-refractivity contribution in [2.24, 2.45) is 5.92 Å². The highest BCUT2D eigenvalue weighted by molar-refractivity contribution is 9.10. The van der Waals surface area contributed by atoms with E-state index in [1.807, 2.05) is 0 Å². The van der Waals surface area contributed by atoms with Gasteiger partial charge in [0.05, 0.1) is 0 Å². The summed E-state index contributed by atoms with van der Waals surface area (Å²) in [6.45, 7) is 1.17. The number of aliphatic hydroxyl groups is 1. The lowest BCUT2D eigenvalue weighted by Crippen LogP contribution is -2.41. The molecule has 0 aromatic carbocycles. The third kappa shape index (κ3) is 2.37. The lowest BCUT2D eigenvalue weighted by molar-refractivity contribution is -0.110. The number of hydrogen-bond donors (Lipinski definition) is 1. The molecule has 1 nitrogen and oxygen atoms in total. The summed E-state index contributed by atoms with van der Waals surface area (Å²) in [5.41, 5.74) is -1.89. The van der Waals surface area contributed by atoms with Crippen LogP contribution in [0.25, 0.3) is 0 Å². The van der Waals surface area contributed by atoms with Crippen molar-refractivity contribution in [3.63, 3.8) is 0 Å². The summed E-state index contributed by atoms with van der Waals surface area (Å²) < 4.78 is 25.1. The van der Waals surface area contributed by atoms with Gasteiger partial charge in [0.2, 0.25) is 0 Å². The van der Waals surface area contributed by atoms with Crippen LogP contribution >= 0.6 is 15.9 Å². The zero-order valence-electron chi connectivity index (χ0n) is 6.28. The number of rotatable bonds is 3. The molecule has 1 fully saturated rings. The molecule has 1 aliphatic carbocycles. The Morgan fingerprint density at radius 1 is 1.55 bits per heavy atom. The van der Waals surface area contributed by atoms with Crippen LogP contribution in [0, 0.1) is 5.92 Å². The highest BCUT2D eigenvalue weighted by atomic mass is 79.9. The molecule has 1 unspecified atom stereocenters. The molecule has 1 aliphatic rings. The highest BCUT2D eigenvalue weighted by Gasteiger charge is 2.49. The van der Waals surface area contributed by atoms with Crippen molar-refractivity contribution in [3.05, 3.63) is 0 Å². The fraction of sp³-hybridized carbons (Fsp3) is 1.00. The average molecular weight is 229 g/mol. The molecule has 0 saturated heterocycles. The molecular weight excluding hydrogens is 218 g/mol. The molecule has 11 heavy (non-hydrogen) atoms. The Morgan fingerprint density at radius 2 is 2.00 bits per heavy atom. The van der Waals surface area contributed by atoms with Crippen LogP contribution in [0.3, 0.4) is 0 Å². The highest BCUT2D eigenvalue weighted by Crippen LogP contribution is 2.44. The Bertz CT molecular complexity index is 149. The molecule has 0 radical (unpaired) electrons. The minimum Gasteiger partial charge on any atom is -0.383 e. The standard InChI is InChI=1S/C7H11BrF2O/c1-6(11,7(8,9)10)4-5-2-3-5/h5,11H,2-4H2,1H3. The van der Waals surface area contributed by atoms with Crippen molar-refractivity contribution in [2.75, 3.05) is 0 Å². The Balaban J connectivity index is 2.49. The van der Waals surface area contributed by atoms with Gasteiger partial charge in [-0.2, -0.15) is 8.78 Å². The SMILES string of the molecule is CC(O)(CC1CC1)C(F)(F)Br. The summed E-state index contributed by atoms with van der Waals surface area (Å²) in [6.07, 6.45) is 2.13. The van der Waals surface area contributed by atoms with Crippen LogP contribution in [0.15, 0.2) is 0 Å². The zero-order chi connectivity index (χ0) is 8.70. The maximum atomic E-state index is 12.6. The van der Waals surface area contributed by atoms with Crippen molar-refractivity contribution in [3.8, 4) is 0 Å². The van der Waals surface area contributed by atoms with Crippen LogP contribution in [0.2, 0.25) is 0 Å². The number of halogens is 3. The third-order valence-corrected chi connectivity index (χ3v) is 2.85. The number of alkyl halides is 3. The molecule has 1 rings (SSSR count). The summed E-state index contributed by atoms with van der Waals surface area (Å²) >= 11 is 2.17. The Kier molecular flexibility index (Phi) is 2.27.